The SMILES string of the molecule is CC(=O)c1ccccc1.CCC1CCCCC1.[HH]. The van der Waals surface area contributed by atoms with Gasteiger partial charge in [-0.3, -0.25) is 4.79 Å². The topological polar surface area (TPSA) is 17.1 Å². The number of carbonyl (C=O) groups is 1. The zero-order valence-electron chi connectivity index (χ0n) is 11.1. The Morgan fingerprint density at radius 1 is 1.18 bits per heavy atom. The summed E-state index contributed by atoms with van der Waals surface area (Å²) < 4.78 is 0. The van der Waals surface area contributed by atoms with E-state index in [0.29, 0.717) is 0 Å². The van der Waals surface area contributed by atoms with Crippen LogP contribution >= 0.6 is 0 Å². The van der Waals surface area contributed by atoms with Gasteiger partial charge in [-0.25, -0.2) is 0 Å². The lowest BCUT2D eigenvalue weighted by Gasteiger charge is -2.18. The second-order valence-corrected chi connectivity index (χ2v) is 4.83. The van der Waals surface area contributed by atoms with Crippen LogP contribution in [0.4, 0.5) is 0 Å². The number of rotatable bonds is 2. The fourth-order valence-electron chi connectivity index (χ4n) is 2.27. The number of Topliss-reactive ketones (excluding diaryl/α,β-unsaturated/α-hetero) is 1. The predicted molar refractivity (Wildman–Crippen MR) is 75.4 cm³/mol. The minimum atomic E-state index is 0. The van der Waals surface area contributed by atoms with Crippen LogP contribution in [0, 0.1) is 5.92 Å². The van der Waals surface area contributed by atoms with Gasteiger partial charge in [0, 0.05) is 6.99 Å². The molecule has 1 aromatic rings. The zero-order valence-corrected chi connectivity index (χ0v) is 11.1. The third-order valence-corrected chi connectivity index (χ3v) is 3.48. The van der Waals surface area contributed by atoms with Gasteiger partial charge in [-0.05, 0) is 12.8 Å². The van der Waals surface area contributed by atoms with Crippen LogP contribution in [0.3, 0.4) is 0 Å². The second kappa shape index (κ2) is 8.05. The van der Waals surface area contributed by atoms with Crippen LogP contribution in [0.5, 0.6) is 0 Å². The van der Waals surface area contributed by atoms with Crippen molar-refractivity contribution in [3.8, 4) is 0 Å². The number of carbonyl (C=O) groups excluding carboxylic acids is 1. The summed E-state index contributed by atoms with van der Waals surface area (Å²) in [4.78, 5) is 10.6. The maximum absolute atomic E-state index is 10.6. The summed E-state index contributed by atoms with van der Waals surface area (Å²) in [5.41, 5.74) is 0.775. The van der Waals surface area contributed by atoms with Gasteiger partial charge in [-0.1, -0.05) is 75.8 Å². The Morgan fingerprint density at radius 3 is 2.12 bits per heavy atom. The van der Waals surface area contributed by atoms with Gasteiger partial charge >= 0.3 is 0 Å². The van der Waals surface area contributed by atoms with Crippen molar-refractivity contribution in [3.63, 3.8) is 0 Å². The molecule has 1 fully saturated rings. The monoisotopic (exact) mass is 234 g/mol. The lowest BCUT2D eigenvalue weighted by molar-refractivity contribution is 0.101. The van der Waals surface area contributed by atoms with Crippen molar-refractivity contribution >= 4 is 5.78 Å². The van der Waals surface area contributed by atoms with Gasteiger partial charge in [0.25, 0.3) is 0 Å². The molecule has 0 unspecified atom stereocenters. The highest BCUT2D eigenvalue weighted by molar-refractivity contribution is 5.93. The Bertz CT molecular complexity index is 315. The molecular weight excluding hydrogens is 208 g/mol. The van der Waals surface area contributed by atoms with Crippen molar-refractivity contribution < 1.29 is 6.22 Å². The van der Waals surface area contributed by atoms with Crippen LogP contribution in [0.25, 0.3) is 0 Å². The van der Waals surface area contributed by atoms with Crippen molar-refractivity contribution in [1.82, 2.24) is 0 Å². The quantitative estimate of drug-likeness (QED) is 0.650. The fraction of sp³-hybridized carbons (Fsp3) is 0.562. The molecule has 0 atom stereocenters. The van der Waals surface area contributed by atoms with Crippen LogP contribution in [-0.4, -0.2) is 5.78 Å². The molecule has 17 heavy (non-hydrogen) atoms. The maximum Gasteiger partial charge on any atom is 0.159 e. The molecule has 1 heteroatoms. The Hall–Kier alpha value is -1.11. The van der Waals surface area contributed by atoms with Crippen molar-refractivity contribution in [2.75, 3.05) is 0 Å². The van der Waals surface area contributed by atoms with Gasteiger partial charge in [-0.15, -0.1) is 0 Å². The molecule has 0 amide bonds. The highest BCUT2D eigenvalue weighted by Crippen LogP contribution is 2.25. The summed E-state index contributed by atoms with van der Waals surface area (Å²) >= 11 is 0. The molecule has 0 aromatic heterocycles. The highest BCUT2D eigenvalue weighted by atomic mass is 16.1. The Morgan fingerprint density at radius 2 is 1.76 bits per heavy atom. The largest absolute Gasteiger partial charge is 0.295 e. The van der Waals surface area contributed by atoms with E-state index in [1.54, 1.807) is 6.92 Å². The van der Waals surface area contributed by atoms with E-state index in [2.05, 4.69) is 6.92 Å². The minimum Gasteiger partial charge on any atom is -0.295 e. The molecule has 0 aliphatic heterocycles. The molecule has 1 saturated carbocycles. The normalized spacial score (nSPS) is 15.9. The molecule has 1 nitrogen and oxygen atoms in total. The fourth-order valence-corrected chi connectivity index (χ4v) is 2.27. The summed E-state index contributed by atoms with van der Waals surface area (Å²) in [5.74, 6) is 1.21. The third kappa shape index (κ3) is 5.67. The van der Waals surface area contributed by atoms with Gasteiger partial charge in [-0.2, -0.15) is 0 Å². The maximum atomic E-state index is 10.6. The molecule has 0 spiro atoms. The molecule has 1 aliphatic carbocycles. The Labute approximate surface area is 107 Å². The smallest absolute Gasteiger partial charge is 0.159 e. The van der Waals surface area contributed by atoms with E-state index < -0.39 is 0 Å². The van der Waals surface area contributed by atoms with E-state index in [4.69, 9.17) is 0 Å². The minimum absolute atomic E-state index is 0. The summed E-state index contributed by atoms with van der Waals surface area (Å²) in [6, 6.07) is 9.23. The Kier molecular flexibility index (Phi) is 6.61. The highest BCUT2D eigenvalue weighted by Gasteiger charge is 2.09. The molecule has 0 N–H and O–H groups in total. The molecular formula is C16H26O. The zero-order chi connectivity index (χ0) is 12.5. The van der Waals surface area contributed by atoms with Gasteiger partial charge in [0.2, 0.25) is 0 Å². The Balaban J connectivity index is 0.000000306. The van der Waals surface area contributed by atoms with Crippen LogP contribution in [0.1, 0.15) is 64.2 Å². The number of hydrogen-bond donors (Lipinski definition) is 0. The average molecular weight is 234 g/mol. The first-order chi connectivity index (χ1) is 8.24. The first-order valence-electron chi connectivity index (χ1n) is 6.80. The average Bonchev–Trinajstić information content (AvgIpc) is 2.41. The summed E-state index contributed by atoms with van der Waals surface area (Å²) in [6.07, 6.45) is 8.93. The van der Waals surface area contributed by atoms with Crippen molar-refractivity contribution in [1.29, 1.82) is 0 Å². The molecule has 96 valence electrons. The van der Waals surface area contributed by atoms with E-state index in [0.717, 1.165) is 11.5 Å². The van der Waals surface area contributed by atoms with Crippen molar-refractivity contribution in [2.45, 2.75) is 52.4 Å². The first-order valence-corrected chi connectivity index (χ1v) is 6.80. The molecule has 0 saturated heterocycles. The number of hydrogen-bond acceptors (Lipinski definition) is 1. The number of ketones is 1. The molecule has 0 heterocycles. The standard InChI is InChI=1S/C8H8O.C8H16.H2/c1-7(9)8-5-3-2-4-6-8;1-2-8-6-4-3-5-7-8;/h2-6H,1H3;8H,2-7H2,1H3;1H. The van der Waals surface area contributed by atoms with Crippen LogP contribution in [0.2, 0.25) is 0 Å². The first kappa shape index (κ1) is 14.0. The third-order valence-electron chi connectivity index (χ3n) is 3.48. The van der Waals surface area contributed by atoms with E-state index in [1.807, 2.05) is 30.3 Å². The van der Waals surface area contributed by atoms with Crippen molar-refractivity contribution in [2.24, 2.45) is 5.92 Å². The molecule has 1 aromatic carbocycles. The van der Waals surface area contributed by atoms with Gasteiger partial charge in [0.05, 0.1) is 0 Å². The van der Waals surface area contributed by atoms with Gasteiger partial charge < -0.3 is 0 Å². The van der Waals surface area contributed by atoms with E-state index in [-0.39, 0.29) is 7.21 Å². The van der Waals surface area contributed by atoms with Crippen LogP contribution in [0.15, 0.2) is 30.3 Å². The lowest BCUT2D eigenvalue weighted by atomic mass is 9.88. The predicted octanol–water partition coefficient (Wildman–Crippen LogP) is 5.11. The molecule has 0 bridgehead atoms. The summed E-state index contributed by atoms with van der Waals surface area (Å²) in [5, 5.41) is 0. The van der Waals surface area contributed by atoms with Crippen molar-refractivity contribution in [3.05, 3.63) is 35.9 Å². The van der Waals surface area contributed by atoms with Gasteiger partial charge in [0.1, 0.15) is 0 Å². The molecule has 2 rings (SSSR count). The second-order valence-electron chi connectivity index (χ2n) is 4.83. The molecule has 1 aliphatic rings. The lowest BCUT2D eigenvalue weighted by Crippen LogP contribution is -2.03. The van der Waals surface area contributed by atoms with Crippen LogP contribution in [-0.2, 0) is 0 Å². The van der Waals surface area contributed by atoms with Crippen LogP contribution < -0.4 is 0 Å². The van der Waals surface area contributed by atoms with Gasteiger partial charge in [0.15, 0.2) is 5.78 Å². The summed E-state index contributed by atoms with van der Waals surface area (Å²) in [6.45, 7) is 3.88. The molecule has 0 radical (unpaired) electrons. The number of benzene rings is 1. The van der Waals surface area contributed by atoms with E-state index >= 15 is 0 Å². The summed E-state index contributed by atoms with van der Waals surface area (Å²) in [7, 11) is 0. The van der Waals surface area contributed by atoms with E-state index in [1.165, 1.54) is 38.5 Å². The van der Waals surface area contributed by atoms with E-state index in [9.17, 15) is 4.79 Å².